The number of rotatable bonds is 1. The molecular weight excluding hydrogens is 501 g/mol. The van der Waals surface area contributed by atoms with E-state index in [2.05, 4.69) is 23.6 Å². The predicted octanol–water partition coefficient (Wildman–Crippen LogP) is 4.05. The summed E-state index contributed by atoms with van der Waals surface area (Å²) >= 11 is 3.38. The van der Waals surface area contributed by atoms with Crippen molar-refractivity contribution in [3.05, 3.63) is 92.5 Å². The van der Waals surface area contributed by atoms with Crippen LogP contribution < -0.4 is 10.4 Å². The Hall–Kier alpha value is -3.34. The number of thiophene rings is 1. The smallest absolute Gasteiger partial charge is 0.278 e. The maximum absolute atomic E-state index is 14.8. The molecule has 36 heavy (non-hydrogen) atoms. The molecule has 5 heterocycles. The molecule has 10 heteroatoms. The Morgan fingerprint density at radius 3 is 2.86 bits per heavy atom. The fourth-order valence-electron chi connectivity index (χ4n) is 5.47. The number of hydrogen-bond donors (Lipinski definition) is 1. The Bertz CT molecular complexity index is 1620. The van der Waals surface area contributed by atoms with E-state index in [9.17, 15) is 19.1 Å². The van der Waals surface area contributed by atoms with Crippen LogP contribution in [0.25, 0.3) is 10.1 Å². The maximum Gasteiger partial charge on any atom is 0.278 e. The summed E-state index contributed by atoms with van der Waals surface area (Å²) in [4.78, 5) is 28.6. The van der Waals surface area contributed by atoms with E-state index < -0.39 is 29.3 Å². The summed E-state index contributed by atoms with van der Waals surface area (Å²) in [6.07, 6.45) is 0.999. The average molecular weight is 522 g/mol. The lowest BCUT2D eigenvalue weighted by molar-refractivity contribution is -0.0197. The topological polar surface area (TPSA) is 75.0 Å². The molecule has 7 nitrogen and oxygen atoms in total. The third kappa shape index (κ3) is 3.07. The average Bonchev–Trinajstić information content (AvgIpc) is 3.31. The number of ether oxygens (including phenoxy) is 1. The minimum atomic E-state index is -0.621. The molecule has 0 bridgehead atoms. The molecule has 1 unspecified atom stereocenters. The van der Waals surface area contributed by atoms with Gasteiger partial charge in [-0.15, -0.1) is 23.1 Å². The minimum Gasteiger partial charge on any atom is -0.502 e. The molecule has 0 spiro atoms. The number of thioether (sulfide) groups is 1. The quantitative estimate of drug-likeness (QED) is 0.407. The van der Waals surface area contributed by atoms with Gasteiger partial charge in [-0.05, 0) is 45.7 Å². The highest BCUT2D eigenvalue weighted by atomic mass is 32.2. The zero-order valence-corrected chi connectivity index (χ0v) is 20.5. The molecule has 7 rings (SSSR count). The minimum absolute atomic E-state index is 0.0887. The van der Waals surface area contributed by atoms with Crippen LogP contribution >= 0.6 is 23.1 Å². The van der Waals surface area contributed by atoms with E-state index >= 15 is 0 Å². The van der Waals surface area contributed by atoms with E-state index in [-0.39, 0.29) is 18.1 Å². The van der Waals surface area contributed by atoms with Gasteiger partial charge in [0, 0.05) is 34.2 Å². The van der Waals surface area contributed by atoms with Crippen LogP contribution in [0.5, 0.6) is 5.75 Å². The number of halogens is 1. The molecule has 0 saturated carbocycles. The Labute approximate surface area is 213 Å². The summed E-state index contributed by atoms with van der Waals surface area (Å²) in [5.74, 6) is -0.701. The highest BCUT2D eigenvalue weighted by molar-refractivity contribution is 7.99. The van der Waals surface area contributed by atoms with E-state index in [1.807, 2.05) is 11.1 Å². The van der Waals surface area contributed by atoms with Crippen molar-refractivity contribution in [3.63, 3.8) is 0 Å². The summed E-state index contributed by atoms with van der Waals surface area (Å²) in [5, 5.41) is 15.9. The van der Waals surface area contributed by atoms with E-state index in [1.165, 1.54) is 18.3 Å². The second-order valence-electron chi connectivity index (χ2n) is 9.01. The van der Waals surface area contributed by atoms with Gasteiger partial charge in [0.2, 0.25) is 5.43 Å². The highest BCUT2D eigenvalue weighted by Crippen LogP contribution is 2.47. The first kappa shape index (κ1) is 21.9. The van der Waals surface area contributed by atoms with Crippen LogP contribution in [0.3, 0.4) is 0 Å². The summed E-state index contributed by atoms with van der Waals surface area (Å²) in [6.45, 7) is 0.909. The molecule has 2 aromatic carbocycles. The molecule has 1 amide bonds. The van der Waals surface area contributed by atoms with Crippen molar-refractivity contribution in [3.8, 4) is 5.75 Å². The molecule has 1 saturated heterocycles. The third-order valence-electron chi connectivity index (χ3n) is 7.11. The molecule has 182 valence electrons. The van der Waals surface area contributed by atoms with Gasteiger partial charge in [-0.2, -0.15) is 0 Å². The van der Waals surface area contributed by atoms with Gasteiger partial charge >= 0.3 is 0 Å². The summed E-state index contributed by atoms with van der Waals surface area (Å²) in [7, 11) is 0. The van der Waals surface area contributed by atoms with Crippen LogP contribution in [0.15, 0.2) is 63.7 Å². The molecule has 2 aromatic heterocycles. The summed E-state index contributed by atoms with van der Waals surface area (Å²) in [6, 6.07) is 11.8. The molecule has 0 aliphatic carbocycles. The monoisotopic (exact) mass is 521 g/mol. The van der Waals surface area contributed by atoms with Gasteiger partial charge in [0.05, 0.1) is 19.3 Å². The van der Waals surface area contributed by atoms with Crippen molar-refractivity contribution in [1.82, 2.24) is 9.58 Å². The molecule has 1 N–H and O–H groups in total. The van der Waals surface area contributed by atoms with Crippen LogP contribution in [0.1, 0.15) is 33.2 Å². The SMILES string of the molecule is O=C1c2c(O)c(=O)ccn2N([C@@H]2c3cc(F)ccc3CSc3c2ccc2ccsc32)C2COCCN12. The first-order valence-electron chi connectivity index (χ1n) is 11.6. The number of morpholine rings is 1. The lowest BCUT2D eigenvalue weighted by Gasteiger charge is -2.51. The lowest BCUT2D eigenvalue weighted by atomic mass is 9.93. The van der Waals surface area contributed by atoms with Gasteiger partial charge in [-0.25, -0.2) is 4.39 Å². The molecule has 0 radical (unpaired) electrons. The second kappa shape index (κ2) is 8.09. The number of amides is 1. The number of pyridine rings is 1. The van der Waals surface area contributed by atoms with Gasteiger partial charge < -0.3 is 14.7 Å². The van der Waals surface area contributed by atoms with E-state index in [0.29, 0.717) is 18.9 Å². The fraction of sp³-hybridized carbons (Fsp3) is 0.231. The molecule has 1 fully saturated rings. The number of nitrogens with zero attached hydrogens (tertiary/aromatic N) is 3. The normalized spacial score (nSPS) is 21.0. The van der Waals surface area contributed by atoms with E-state index in [4.69, 9.17) is 4.74 Å². The summed E-state index contributed by atoms with van der Waals surface area (Å²) in [5.41, 5.74) is 2.03. The van der Waals surface area contributed by atoms with Gasteiger partial charge in [0.25, 0.3) is 5.91 Å². The second-order valence-corrected chi connectivity index (χ2v) is 10.9. The molecule has 4 aromatic rings. The zero-order valence-electron chi connectivity index (χ0n) is 18.9. The number of carbonyl (C=O) groups is 1. The van der Waals surface area contributed by atoms with E-state index in [1.54, 1.807) is 38.7 Å². The van der Waals surface area contributed by atoms with Crippen LogP contribution in [-0.2, 0) is 10.5 Å². The summed E-state index contributed by atoms with van der Waals surface area (Å²) < 4.78 is 23.3. The number of hydrogen-bond acceptors (Lipinski definition) is 7. The zero-order chi connectivity index (χ0) is 24.6. The van der Waals surface area contributed by atoms with Crippen LogP contribution in [-0.4, -0.2) is 46.5 Å². The van der Waals surface area contributed by atoms with Gasteiger partial charge in [-0.3, -0.25) is 19.3 Å². The van der Waals surface area contributed by atoms with Crippen molar-refractivity contribution < 1.29 is 19.0 Å². The van der Waals surface area contributed by atoms with Crippen molar-refractivity contribution in [2.24, 2.45) is 0 Å². The third-order valence-corrected chi connectivity index (χ3v) is 9.38. The van der Waals surface area contributed by atoms with Crippen LogP contribution in [0.4, 0.5) is 4.39 Å². The number of carbonyl (C=O) groups excluding carboxylic acids is 1. The highest BCUT2D eigenvalue weighted by Gasteiger charge is 2.46. The van der Waals surface area contributed by atoms with Crippen molar-refractivity contribution in [2.75, 3.05) is 24.8 Å². The van der Waals surface area contributed by atoms with E-state index in [0.717, 1.165) is 31.7 Å². The van der Waals surface area contributed by atoms with Gasteiger partial charge in [0.15, 0.2) is 11.4 Å². The van der Waals surface area contributed by atoms with Crippen molar-refractivity contribution >= 4 is 39.1 Å². The first-order valence-corrected chi connectivity index (χ1v) is 13.4. The Kier molecular flexibility index (Phi) is 4.92. The number of aromatic hydroxyl groups is 1. The van der Waals surface area contributed by atoms with Gasteiger partial charge in [-0.1, -0.05) is 18.2 Å². The molecule has 3 aliphatic rings. The van der Waals surface area contributed by atoms with Crippen molar-refractivity contribution in [2.45, 2.75) is 22.9 Å². The fourth-order valence-corrected chi connectivity index (χ4v) is 7.80. The van der Waals surface area contributed by atoms with Crippen molar-refractivity contribution in [1.29, 1.82) is 0 Å². The molecule has 3 aliphatic heterocycles. The maximum atomic E-state index is 14.8. The molecule has 2 atom stereocenters. The Morgan fingerprint density at radius 1 is 1.08 bits per heavy atom. The number of benzene rings is 2. The van der Waals surface area contributed by atoms with Gasteiger partial charge in [0.1, 0.15) is 12.0 Å². The number of fused-ring (bicyclic) bond motifs is 6. The lowest BCUT2D eigenvalue weighted by Crippen LogP contribution is -2.66. The molecular formula is C26H20FN3O4S2. The Balaban J connectivity index is 1.56. The standard InChI is InChI=1S/C26H20FN3O4S2/c27-16-3-1-15-13-36-25-17(4-2-14-6-10-35-24(14)25)21(18(15)11-16)30-20-12-34-9-8-28(20)26(33)22-23(32)19(31)5-7-29(22)30/h1-7,10-11,20-21,32H,8-9,12-13H2/t20?,21-/m0/s1. The van der Waals surface area contributed by atoms with Crippen LogP contribution in [0, 0.1) is 5.82 Å². The largest absolute Gasteiger partial charge is 0.502 e. The Morgan fingerprint density at radius 2 is 1.97 bits per heavy atom. The number of aromatic nitrogens is 1. The van der Waals surface area contributed by atoms with Crippen LogP contribution in [0.2, 0.25) is 0 Å². The first-order chi connectivity index (χ1) is 17.5. The predicted molar refractivity (Wildman–Crippen MR) is 136 cm³/mol.